The molecule has 1 N–H and O–H groups in total. The molecule has 5 rings (SSSR count). The maximum Gasteiger partial charge on any atom is 0.254 e. The zero-order valence-electron chi connectivity index (χ0n) is 18.3. The maximum absolute atomic E-state index is 14.8. The van der Waals surface area contributed by atoms with Gasteiger partial charge in [0, 0.05) is 42.7 Å². The van der Waals surface area contributed by atoms with Crippen LogP contribution in [0.5, 0.6) is 0 Å². The highest BCUT2D eigenvalue weighted by Gasteiger charge is 2.36. The van der Waals surface area contributed by atoms with Gasteiger partial charge in [-0.1, -0.05) is 24.3 Å². The van der Waals surface area contributed by atoms with E-state index < -0.39 is 0 Å². The average molecular weight is 469 g/mol. The number of aliphatic imine (C=N–C) groups is 1. The van der Waals surface area contributed by atoms with Crippen molar-refractivity contribution in [2.24, 2.45) is 4.99 Å². The molecular weight excluding hydrogens is 442 g/mol. The van der Waals surface area contributed by atoms with E-state index in [1.165, 1.54) is 18.2 Å². The van der Waals surface area contributed by atoms with Crippen LogP contribution in [-0.2, 0) is 11.3 Å². The molecule has 3 aliphatic rings. The number of hydrogen-bond donors (Lipinski definition) is 1. The number of nitrogens with one attached hydrogen (secondary N) is 1. The molecule has 0 unspecified atom stereocenters. The lowest BCUT2D eigenvalue weighted by molar-refractivity contribution is -0.128. The number of hydrogen-bond acceptors (Lipinski definition) is 5. The predicted octanol–water partition coefficient (Wildman–Crippen LogP) is 3.88. The van der Waals surface area contributed by atoms with Crippen LogP contribution in [0, 0.1) is 11.6 Å². The van der Waals surface area contributed by atoms with Gasteiger partial charge in [-0.25, -0.2) is 13.8 Å². The van der Waals surface area contributed by atoms with Gasteiger partial charge in [0.05, 0.1) is 17.8 Å². The Kier molecular flexibility index (Phi) is 6.35. The van der Waals surface area contributed by atoms with Crippen LogP contribution in [0.25, 0.3) is 5.70 Å². The first-order valence-electron chi connectivity index (χ1n) is 11.3. The number of thioether (sulfide) groups is 1. The summed E-state index contributed by atoms with van der Waals surface area (Å²) in [6.45, 7) is 2.31. The largest absolute Gasteiger partial charge is 0.341 e. The van der Waals surface area contributed by atoms with Gasteiger partial charge in [-0.3, -0.25) is 4.79 Å². The molecule has 1 aliphatic carbocycles. The van der Waals surface area contributed by atoms with Crippen LogP contribution in [0.1, 0.15) is 24.0 Å². The fourth-order valence-corrected chi connectivity index (χ4v) is 5.10. The van der Waals surface area contributed by atoms with Crippen LogP contribution in [-0.4, -0.2) is 58.8 Å². The van der Waals surface area contributed by atoms with E-state index in [2.05, 4.69) is 15.2 Å². The van der Waals surface area contributed by atoms with Crippen molar-refractivity contribution in [3.63, 3.8) is 0 Å². The normalized spacial score (nSPS) is 18.6. The topological polar surface area (TPSA) is 47.9 Å². The van der Waals surface area contributed by atoms with E-state index in [-0.39, 0.29) is 30.1 Å². The van der Waals surface area contributed by atoms with Gasteiger partial charge in [0.1, 0.15) is 11.6 Å². The smallest absolute Gasteiger partial charge is 0.254 e. The molecule has 0 atom stereocenters. The van der Waals surface area contributed by atoms with Crippen molar-refractivity contribution >= 4 is 29.3 Å². The third-order valence-corrected chi connectivity index (χ3v) is 7.09. The Labute approximate surface area is 196 Å². The average Bonchev–Trinajstić information content (AvgIpc) is 3.69. The molecular formula is C25H26F2N4OS. The molecule has 1 saturated heterocycles. The van der Waals surface area contributed by atoms with Gasteiger partial charge < -0.3 is 15.1 Å². The summed E-state index contributed by atoms with van der Waals surface area (Å²) < 4.78 is 28.2. The summed E-state index contributed by atoms with van der Waals surface area (Å²) in [7, 11) is 0. The first kappa shape index (κ1) is 21.9. The van der Waals surface area contributed by atoms with Crippen molar-refractivity contribution in [3.05, 3.63) is 76.9 Å². The minimum absolute atomic E-state index is 0.140. The Bertz CT molecular complexity index is 1090. The Morgan fingerprint density at radius 3 is 2.52 bits per heavy atom. The van der Waals surface area contributed by atoms with Gasteiger partial charge in [-0.05, 0) is 42.7 Å². The second kappa shape index (κ2) is 9.55. The standard InChI is InChI=1S/C25H26F2N4OS/c26-18-7-5-17(6-8-18)16-31(19-9-10-19)24(32)21-15-28-25(30-11-13-33-14-12-30)29-23(21)20-3-1-2-4-22(20)27/h1-8,19H,9-16H2,(H,28,29). The fourth-order valence-electron chi connectivity index (χ4n) is 4.20. The summed E-state index contributed by atoms with van der Waals surface area (Å²) in [6, 6.07) is 12.9. The fraction of sp³-hybridized carbons (Fsp3) is 0.360. The van der Waals surface area contributed by atoms with Crippen LogP contribution >= 0.6 is 11.8 Å². The number of benzene rings is 2. The second-order valence-electron chi connectivity index (χ2n) is 8.49. The summed E-state index contributed by atoms with van der Waals surface area (Å²) in [5.74, 6) is 1.89. The molecule has 8 heteroatoms. The lowest BCUT2D eigenvalue weighted by Crippen LogP contribution is -2.48. The lowest BCUT2D eigenvalue weighted by atomic mass is 10.0. The van der Waals surface area contributed by atoms with Crippen molar-refractivity contribution in [2.45, 2.75) is 25.4 Å². The van der Waals surface area contributed by atoms with Crippen LogP contribution in [0.4, 0.5) is 8.78 Å². The summed E-state index contributed by atoms with van der Waals surface area (Å²) in [5.41, 5.74) is 2.19. The molecule has 33 heavy (non-hydrogen) atoms. The summed E-state index contributed by atoms with van der Waals surface area (Å²) >= 11 is 1.90. The number of carbonyl (C=O) groups excluding carboxylic acids is 1. The molecule has 0 aromatic heterocycles. The van der Waals surface area contributed by atoms with E-state index in [0.29, 0.717) is 29.3 Å². The van der Waals surface area contributed by atoms with Crippen molar-refractivity contribution in [2.75, 3.05) is 31.1 Å². The van der Waals surface area contributed by atoms with E-state index in [1.807, 2.05) is 16.7 Å². The van der Waals surface area contributed by atoms with Gasteiger partial charge in [-0.2, -0.15) is 11.8 Å². The lowest BCUT2D eigenvalue weighted by Gasteiger charge is -2.34. The summed E-state index contributed by atoms with van der Waals surface area (Å²) in [4.78, 5) is 22.4. The highest BCUT2D eigenvalue weighted by Crippen LogP contribution is 2.32. The van der Waals surface area contributed by atoms with Crippen LogP contribution in [0.3, 0.4) is 0 Å². The third-order valence-electron chi connectivity index (χ3n) is 6.15. The molecule has 0 radical (unpaired) electrons. The number of amides is 1. The Hall–Kier alpha value is -2.87. The quantitative estimate of drug-likeness (QED) is 0.724. The zero-order valence-corrected chi connectivity index (χ0v) is 19.1. The molecule has 172 valence electrons. The molecule has 5 nitrogen and oxygen atoms in total. The predicted molar refractivity (Wildman–Crippen MR) is 128 cm³/mol. The number of rotatable bonds is 5. The summed E-state index contributed by atoms with van der Waals surface area (Å²) in [5, 5.41) is 3.31. The highest BCUT2D eigenvalue weighted by atomic mass is 32.2. The number of carbonyl (C=O) groups is 1. The summed E-state index contributed by atoms with van der Waals surface area (Å²) in [6.07, 6.45) is 1.87. The molecule has 1 amide bonds. The zero-order chi connectivity index (χ0) is 22.8. The van der Waals surface area contributed by atoms with Gasteiger partial charge >= 0.3 is 0 Å². The van der Waals surface area contributed by atoms with E-state index in [1.54, 1.807) is 30.3 Å². The number of guanidine groups is 1. The minimum atomic E-state index is -0.378. The molecule has 2 aromatic carbocycles. The first-order valence-corrected chi connectivity index (χ1v) is 12.4. The molecule has 2 aliphatic heterocycles. The molecule has 2 heterocycles. The van der Waals surface area contributed by atoms with E-state index in [0.717, 1.165) is 43.0 Å². The molecule has 2 fully saturated rings. The minimum Gasteiger partial charge on any atom is -0.341 e. The third kappa shape index (κ3) is 4.90. The highest BCUT2D eigenvalue weighted by molar-refractivity contribution is 7.99. The van der Waals surface area contributed by atoms with Crippen LogP contribution in [0.2, 0.25) is 0 Å². The maximum atomic E-state index is 14.8. The van der Waals surface area contributed by atoms with Gasteiger partial charge in [0.25, 0.3) is 5.91 Å². The Morgan fingerprint density at radius 2 is 1.82 bits per heavy atom. The van der Waals surface area contributed by atoms with E-state index >= 15 is 0 Å². The molecule has 2 aromatic rings. The monoisotopic (exact) mass is 468 g/mol. The van der Waals surface area contributed by atoms with Crippen molar-refractivity contribution in [1.29, 1.82) is 0 Å². The van der Waals surface area contributed by atoms with Crippen molar-refractivity contribution < 1.29 is 13.6 Å². The van der Waals surface area contributed by atoms with E-state index in [9.17, 15) is 13.6 Å². The SMILES string of the molecule is O=C(C1=C(c2ccccc2F)NC(N2CCSCC2)=NC1)N(Cc1ccc(F)cc1)C1CC1. The van der Waals surface area contributed by atoms with Crippen molar-refractivity contribution in [1.82, 2.24) is 15.1 Å². The molecule has 1 saturated carbocycles. The van der Waals surface area contributed by atoms with E-state index in [4.69, 9.17) is 0 Å². The van der Waals surface area contributed by atoms with Crippen molar-refractivity contribution in [3.8, 4) is 0 Å². The second-order valence-corrected chi connectivity index (χ2v) is 9.71. The Morgan fingerprint density at radius 1 is 1.09 bits per heavy atom. The van der Waals surface area contributed by atoms with Crippen LogP contribution in [0.15, 0.2) is 59.1 Å². The van der Waals surface area contributed by atoms with Gasteiger partial charge in [-0.15, -0.1) is 0 Å². The molecule has 0 spiro atoms. The number of halogens is 2. The number of nitrogens with zero attached hydrogens (tertiary/aromatic N) is 3. The van der Waals surface area contributed by atoms with Crippen LogP contribution < -0.4 is 5.32 Å². The first-order chi connectivity index (χ1) is 16.1. The Balaban J connectivity index is 1.47. The molecule has 0 bridgehead atoms. The van der Waals surface area contributed by atoms with Gasteiger partial charge in [0.2, 0.25) is 0 Å². The van der Waals surface area contributed by atoms with Gasteiger partial charge in [0.15, 0.2) is 5.96 Å².